The van der Waals surface area contributed by atoms with Crippen LogP contribution in [0.15, 0.2) is 71.8 Å². The molecule has 1 unspecified atom stereocenters. The van der Waals surface area contributed by atoms with Gasteiger partial charge in [0.15, 0.2) is 0 Å². The van der Waals surface area contributed by atoms with Gasteiger partial charge in [-0.15, -0.1) is 0 Å². The Hall–Kier alpha value is -3.59. The number of aromatic nitrogens is 1. The standard InChI is InChI=1S/C23H18ClF3N4O2/c1-33-20-4-2-3-19(29-20)18-13-31(30-21(18)14-5-9-16(24)10-6-14)22(32)28-17-11-7-15(8-12-17)23(25,26)27/h2-12,18H,13H2,1H3,(H,28,32). The number of methoxy groups -OCH3 is 1. The molecule has 0 bridgehead atoms. The lowest BCUT2D eigenvalue weighted by atomic mass is 9.94. The first-order chi connectivity index (χ1) is 15.7. The zero-order valence-electron chi connectivity index (χ0n) is 17.3. The predicted molar refractivity (Wildman–Crippen MR) is 119 cm³/mol. The van der Waals surface area contributed by atoms with Gasteiger partial charge in [0.05, 0.1) is 36.5 Å². The van der Waals surface area contributed by atoms with Crippen LogP contribution in [0.1, 0.15) is 22.7 Å². The molecule has 0 saturated carbocycles. The number of hydrogen-bond donors (Lipinski definition) is 1. The summed E-state index contributed by atoms with van der Waals surface area (Å²) in [6, 6.07) is 16.0. The molecule has 33 heavy (non-hydrogen) atoms. The smallest absolute Gasteiger partial charge is 0.416 e. The summed E-state index contributed by atoms with van der Waals surface area (Å²) in [7, 11) is 1.51. The third kappa shape index (κ3) is 5.09. The van der Waals surface area contributed by atoms with Crippen LogP contribution in [0, 0.1) is 0 Å². The molecule has 2 aromatic carbocycles. The number of anilines is 1. The summed E-state index contributed by atoms with van der Waals surface area (Å²) < 4.78 is 43.6. The monoisotopic (exact) mass is 474 g/mol. The minimum atomic E-state index is -4.45. The highest BCUT2D eigenvalue weighted by Crippen LogP contribution is 2.31. The quantitative estimate of drug-likeness (QED) is 0.520. The summed E-state index contributed by atoms with van der Waals surface area (Å²) in [5.41, 5.74) is 1.45. The minimum absolute atomic E-state index is 0.185. The van der Waals surface area contributed by atoms with Crippen molar-refractivity contribution in [3.05, 3.63) is 88.6 Å². The van der Waals surface area contributed by atoms with Gasteiger partial charge in [-0.05, 0) is 48.0 Å². The molecule has 3 aromatic rings. The number of hydrogen-bond acceptors (Lipinski definition) is 4. The van der Waals surface area contributed by atoms with Gasteiger partial charge in [0.2, 0.25) is 5.88 Å². The van der Waals surface area contributed by atoms with Crippen molar-refractivity contribution in [3.8, 4) is 5.88 Å². The lowest BCUT2D eigenvalue weighted by Gasteiger charge is -2.16. The van der Waals surface area contributed by atoms with E-state index >= 15 is 0 Å². The normalized spacial score (nSPS) is 15.8. The maximum absolute atomic E-state index is 12.8. The Kier molecular flexibility index (Phi) is 6.24. The summed E-state index contributed by atoms with van der Waals surface area (Å²) >= 11 is 6.01. The maximum atomic E-state index is 12.8. The molecule has 4 rings (SSSR count). The van der Waals surface area contributed by atoms with Gasteiger partial charge in [0.25, 0.3) is 0 Å². The van der Waals surface area contributed by atoms with E-state index in [1.54, 1.807) is 36.4 Å². The molecule has 0 aliphatic carbocycles. The second kappa shape index (κ2) is 9.11. The van der Waals surface area contributed by atoms with Crippen molar-refractivity contribution >= 4 is 29.0 Å². The fourth-order valence-corrected chi connectivity index (χ4v) is 3.54. The van der Waals surface area contributed by atoms with Gasteiger partial charge in [-0.2, -0.15) is 18.3 Å². The van der Waals surface area contributed by atoms with E-state index in [-0.39, 0.29) is 18.2 Å². The average Bonchev–Trinajstić information content (AvgIpc) is 3.25. The molecule has 0 radical (unpaired) electrons. The number of urea groups is 1. The number of carbonyl (C=O) groups is 1. The van der Waals surface area contributed by atoms with Crippen molar-refractivity contribution in [2.45, 2.75) is 12.1 Å². The van der Waals surface area contributed by atoms with Crippen LogP contribution < -0.4 is 10.1 Å². The van der Waals surface area contributed by atoms with Crippen molar-refractivity contribution in [2.75, 3.05) is 19.0 Å². The Morgan fingerprint density at radius 3 is 2.42 bits per heavy atom. The first-order valence-corrected chi connectivity index (χ1v) is 10.2. The number of rotatable bonds is 4. The number of amides is 2. The Balaban J connectivity index is 1.60. The van der Waals surface area contributed by atoms with Crippen LogP contribution in [0.4, 0.5) is 23.7 Å². The molecule has 2 amide bonds. The Morgan fingerprint density at radius 2 is 1.79 bits per heavy atom. The molecular formula is C23H18ClF3N4O2. The predicted octanol–water partition coefficient (Wildman–Crippen LogP) is 5.80. The van der Waals surface area contributed by atoms with E-state index in [1.807, 2.05) is 6.07 Å². The Morgan fingerprint density at radius 1 is 1.09 bits per heavy atom. The largest absolute Gasteiger partial charge is 0.481 e. The summed E-state index contributed by atoms with van der Waals surface area (Å²) in [5, 5.41) is 8.86. The van der Waals surface area contributed by atoms with Crippen LogP contribution in [0.3, 0.4) is 0 Å². The van der Waals surface area contributed by atoms with E-state index < -0.39 is 17.8 Å². The lowest BCUT2D eigenvalue weighted by Crippen LogP contribution is -2.30. The van der Waals surface area contributed by atoms with Crippen LogP contribution in [-0.2, 0) is 6.18 Å². The van der Waals surface area contributed by atoms with Crippen molar-refractivity contribution in [1.82, 2.24) is 9.99 Å². The second-order valence-electron chi connectivity index (χ2n) is 7.24. The molecule has 1 aliphatic rings. The number of hydrazone groups is 1. The Labute approximate surface area is 192 Å². The van der Waals surface area contributed by atoms with Crippen molar-refractivity contribution in [2.24, 2.45) is 5.10 Å². The fraction of sp³-hybridized carbons (Fsp3) is 0.174. The average molecular weight is 475 g/mol. The Bertz CT molecular complexity index is 1180. The maximum Gasteiger partial charge on any atom is 0.416 e. The molecular weight excluding hydrogens is 457 g/mol. The number of carbonyl (C=O) groups excluding carboxylic acids is 1. The van der Waals surface area contributed by atoms with Gasteiger partial charge >= 0.3 is 12.2 Å². The van der Waals surface area contributed by atoms with E-state index in [2.05, 4.69) is 15.4 Å². The van der Waals surface area contributed by atoms with Gasteiger partial charge < -0.3 is 10.1 Å². The number of nitrogens with zero attached hydrogens (tertiary/aromatic N) is 3. The minimum Gasteiger partial charge on any atom is -0.481 e. The molecule has 1 aliphatic heterocycles. The van der Waals surface area contributed by atoms with Gasteiger partial charge in [0, 0.05) is 16.8 Å². The molecule has 170 valence electrons. The zero-order valence-corrected chi connectivity index (χ0v) is 18.1. The number of benzene rings is 2. The second-order valence-corrected chi connectivity index (χ2v) is 7.67. The molecule has 1 atom stereocenters. The van der Waals surface area contributed by atoms with Gasteiger partial charge in [-0.1, -0.05) is 29.8 Å². The van der Waals surface area contributed by atoms with E-state index in [0.717, 1.165) is 17.7 Å². The number of alkyl halides is 3. The van der Waals surface area contributed by atoms with E-state index in [4.69, 9.17) is 16.3 Å². The molecule has 1 aromatic heterocycles. The van der Waals surface area contributed by atoms with Gasteiger partial charge in [-0.25, -0.2) is 14.8 Å². The summed E-state index contributed by atoms with van der Waals surface area (Å²) in [5.74, 6) is 0.0789. The number of halogens is 4. The van der Waals surface area contributed by atoms with Crippen molar-refractivity contribution < 1.29 is 22.7 Å². The number of ether oxygens (including phenoxy) is 1. The van der Waals surface area contributed by atoms with Crippen LogP contribution in [-0.4, -0.2) is 35.4 Å². The first kappa shape index (κ1) is 22.6. The fourth-order valence-electron chi connectivity index (χ4n) is 3.41. The summed E-state index contributed by atoms with van der Waals surface area (Å²) in [6.45, 7) is 0.185. The summed E-state index contributed by atoms with van der Waals surface area (Å²) in [4.78, 5) is 17.3. The molecule has 0 fully saturated rings. The van der Waals surface area contributed by atoms with Gasteiger partial charge in [0.1, 0.15) is 0 Å². The number of pyridine rings is 1. The third-order valence-corrected chi connectivity index (χ3v) is 5.32. The van der Waals surface area contributed by atoms with Gasteiger partial charge in [-0.3, -0.25) is 0 Å². The van der Waals surface area contributed by atoms with E-state index in [0.29, 0.717) is 22.3 Å². The van der Waals surface area contributed by atoms with Crippen molar-refractivity contribution in [1.29, 1.82) is 0 Å². The molecule has 0 saturated heterocycles. The van der Waals surface area contributed by atoms with E-state index in [1.165, 1.54) is 24.3 Å². The molecule has 2 heterocycles. The molecule has 6 nitrogen and oxygen atoms in total. The highest BCUT2D eigenvalue weighted by Gasteiger charge is 2.34. The SMILES string of the molecule is COc1cccc(C2CN(C(=O)Nc3ccc(C(F)(F)F)cc3)N=C2c2ccc(Cl)cc2)n1. The topological polar surface area (TPSA) is 66.8 Å². The first-order valence-electron chi connectivity index (χ1n) is 9.86. The molecule has 10 heteroatoms. The highest BCUT2D eigenvalue weighted by molar-refractivity contribution is 6.30. The van der Waals surface area contributed by atoms with Crippen LogP contribution >= 0.6 is 11.6 Å². The van der Waals surface area contributed by atoms with Crippen LogP contribution in [0.2, 0.25) is 5.02 Å². The molecule has 0 spiro atoms. The lowest BCUT2D eigenvalue weighted by molar-refractivity contribution is -0.137. The van der Waals surface area contributed by atoms with Crippen molar-refractivity contribution in [3.63, 3.8) is 0 Å². The highest BCUT2D eigenvalue weighted by atomic mass is 35.5. The molecule has 1 N–H and O–H groups in total. The van der Waals surface area contributed by atoms with E-state index in [9.17, 15) is 18.0 Å². The van der Waals surface area contributed by atoms with Crippen LogP contribution in [0.25, 0.3) is 0 Å². The summed E-state index contributed by atoms with van der Waals surface area (Å²) in [6.07, 6.45) is -4.45. The number of nitrogens with one attached hydrogen (secondary N) is 1. The third-order valence-electron chi connectivity index (χ3n) is 5.06. The zero-order chi connectivity index (χ0) is 23.6. The van der Waals surface area contributed by atoms with Crippen LogP contribution in [0.5, 0.6) is 5.88 Å².